The molecule has 0 aliphatic carbocycles. The van der Waals surface area contributed by atoms with E-state index in [1.54, 1.807) is 12.1 Å². The molecule has 1 heterocycles. The molecule has 1 aliphatic heterocycles. The number of hydrogen-bond acceptors (Lipinski definition) is 2. The van der Waals surface area contributed by atoms with Crippen LogP contribution in [0.4, 0.5) is 9.18 Å². The molecule has 2 rings (SSSR count). The van der Waals surface area contributed by atoms with Gasteiger partial charge in [-0.25, -0.2) is 9.18 Å². The van der Waals surface area contributed by atoms with Gasteiger partial charge in [0.25, 0.3) is 0 Å². The third kappa shape index (κ3) is 6.31. The Morgan fingerprint density at radius 1 is 1.20 bits per heavy atom. The van der Waals surface area contributed by atoms with E-state index < -0.39 is 5.41 Å². The SMILES string of the molecule is CC(CNC(=O)NCC(C)(C)c1ccccc1F)CN1CCCCC1. The third-order valence-corrected chi connectivity index (χ3v) is 4.92. The van der Waals surface area contributed by atoms with E-state index in [2.05, 4.69) is 22.5 Å². The Morgan fingerprint density at radius 3 is 2.56 bits per heavy atom. The molecule has 4 nitrogen and oxygen atoms in total. The molecule has 0 spiro atoms. The molecule has 1 saturated heterocycles. The van der Waals surface area contributed by atoms with Crippen molar-refractivity contribution in [3.8, 4) is 0 Å². The molecule has 140 valence electrons. The molecule has 2 amide bonds. The lowest BCUT2D eigenvalue weighted by atomic mass is 9.84. The number of nitrogens with zero attached hydrogens (tertiary/aromatic N) is 1. The number of likely N-dealkylation sites (tertiary alicyclic amines) is 1. The van der Waals surface area contributed by atoms with Crippen molar-refractivity contribution in [3.63, 3.8) is 0 Å². The summed E-state index contributed by atoms with van der Waals surface area (Å²) >= 11 is 0. The summed E-state index contributed by atoms with van der Waals surface area (Å²) in [5, 5.41) is 5.82. The van der Waals surface area contributed by atoms with Crippen molar-refractivity contribution in [3.05, 3.63) is 35.6 Å². The molecule has 0 saturated carbocycles. The van der Waals surface area contributed by atoms with Crippen LogP contribution in [0.25, 0.3) is 0 Å². The van der Waals surface area contributed by atoms with Gasteiger partial charge in [0.1, 0.15) is 5.82 Å². The lowest BCUT2D eigenvalue weighted by Gasteiger charge is -2.29. The number of hydrogen-bond donors (Lipinski definition) is 2. The molecular weight excluding hydrogens is 317 g/mol. The second-order valence-corrected chi connectivity index (χ2v) is 7.89. The van der Waals surface area contributed by atoms with Crippen LogP contribution < -0.4 is 10.6 Å². The van der Waals surface area contributed by atoms with Crippen LogP contribution in [0.15, 0.2) is 24.3 Å². The Balaban J connectivity index is 1.72. The maximum absolute atomic E-state index is 14.0. The predicted octanol–water partition coefficient (Wildman–Crippen LogP) is 3.52. The van der Waals surface area contributed by atoms with Gasteiger partial charge in [-0.05, 0) is 43.5 Å². The summed E-state index contributed by atoms with van der Waals surface area (Å²) < 4.78 is 14.0. The first-order chi connectivity index (χ1) is 11.9. The number of carbonyl (C=O) groups excluding carboxylic acids is 1. The minimum atomic E-state index is -0.456. The van der Waals surface area contributed by atoms with Gasteiger partial charge in [-0.15, -0.1) is 0 Å². The van der Waals surface area contributed by atoms with Gasteiger partial charge >= 0.3 is 6.03 Å². The number of urea groups is 1. The summed E-state index contributed by atoms with van der Waals surface area (Å²) in [4.78, 5) is 14.6. The Morgan fingerprint density at radius 2 is 1.88 bits per heavy atom. The van der Waals surface area contributed by atoms with E-state index in [0.717, 1.165) is 6.54 Å². The van der Waals surface area contributed by atoms with Gasteiger partial charge in [0.2, 0.25) is 0 Å². The smallest absolute Gasteiger partial charge is 0.314 e. The summed E-state index contributed by atoms with van der Waals surface area (Å²) in [5.74, 6) is 0.188. The number of piperidine rings is 1. The van der Waals surface area contributed by atoms with Gasteiger partial charge in [-0.1, -0.05) is 45.4 Å². The summed E-state index contributed by atoms with van der Waals surface area (Å²) in [7, 11) is 0. The average molecular weight is 349 g/mol. The zero-order chi connectivity index (χ0) is 18.3. The van der Waals surface area contributed by atoms with Crippen LogP contribution in [-0.2, 0) is 5.41 Å². The minimum Gasteiger partial charge on any atom is -0.338 e. The van der Waals surface area contributed by atoms with E-state index in [9.17, 15) is 9.18 Å². The fourth-order valence-corrected chi connectivity index (χ4v) is 3.38. The Labute approximate surface area is 151 Å². The highest BCUT2D eigenvalue weighted by molar-refractivity contribution is 5.73. The quantitative estimate of drug-likeness (QED) is 0.791. The van der Waals surface area contributed by atoms with Gasteiger partial charge < -0.3 is 15.5 Å². The Kier molecular flexibility index (Phi) is 7.24. The largest absolute Gasteiger partial charge is 0.338 e. The van der Waals surface area contributed by atoms with Gasteiger partial charge in [-0.2, -0.15) is 0 Å². The summed E-state index contributed by atoms with van der Waals surface area (Å²) in [6, 6.07) is 6.55. The van der Waals surface area contributed by atoms with Gasteiger partial charge in [0, 0.05) is 25.0 Å². The minimum absolute atomic E-state index is 0.185. The fraction of sp³-hybridized carbons (Fsp3) is 0.650. The van der Waals surface area contributed by atoms with E-state index in [4.69, 9.17) is 0 Å². The number of halogens is 1. The second-order valence-electron chi connectivity index (χ2n) is 7.89. The van der Waals surface area contributed by atoms with Crippen molar-refractivity contribution in [1.29, 1.82) is 0 Å². The van der Waals surface area contributed by atoms with E-state index in [0.29, 0.717) is 24.6 Å². The molecule has 25 heavy (non-hydrogen) atoms. The topological polar surface area (TPSA) is 44.4 Å². The zero-order valence-electron chi connectivity index (χ0n) is 15.8. The van der Waals surface area contributed by atoms with Crippen LogP contribution in [-0.4, -0.2) is 43.7 Å². The molecule has 1 atom stereocenters. The number of benzene rings is 1. The average Bonchev–Trinajstić information content (AvgIpc) is 2.59. The molecule has 5 heteroatoms. The molecule has 0 bridgehead atoms. The normalized spacial score (nSPS) is 17.1. The molecule has 1 aromatic carbocycles. The number of nitrogens with one attached hydrogen (secondary N) is 2. The van der Waals surface area contributed by atoms with Crippen LogP contribution >= 0.6 is 0 Å². The molecule has 1 aliphatic rings. The van der Waals surface area contributed by atoms with Crippen molar-refractivity contribution in [2.24, 2.45) is 5.92 Å². The first-order valence-electron chi connectivity index (χ1n) is 9.37. The van der Waals surface area contributed by atoms with Gasteiger partial charge in [-0.3, -0.25) is 0 Å². The van der Waals surface area contributed by atoms with E-state index in [1.807, 2.05) is 19.9 Å². The molecular formula is C20H32FN3O. The standard InChI is InChI=1S/C20H32FN3O/c1-16(14-24-11-7-4-8-12-24)13-22-19(25)23-15-20(2,3)17-9-5-6-10-18(17)21/h5-6,9-10,16H,4,7-8,11-15H2,1-3H3,(H2,22,23,25). The van der Waals surface area contributed by atoms with Crippen LogP contribution in [0.5, 0.6) is 0 Å². The monoisotopic (exact) mass is 349 g/mol. The van der Waals surface area contributed by atoms with Crippen molar-refractivity contribution in [1.82, 2.24) is 15.5 Å². The molecule has 0 aromatic heterocycles. The molecule has 0 radical (unpaired) electrons. The van der Waals surface area contributed by atoms with E-state index in [-0.39, 0.29) is 11.8 Å². The van der Waals surface area contributed by atoms with Crippen LogP contribution in [0.2, 0.25) is 0 Å². The van der Waals surface area contributed by atoms with E-state index in [1.165, 1.54) is 38.4 Å². The predicted molar refractivity (Wildman–Crippen MR) is 100 cm³/mol. The lowest BCUT2D eigenvalue weighted by Crippen LogP contribution is -2.45. The maximum atomic E-state index is 14.0. The fourth-order valence-electron chi connectivity index (χ4n) is 3.38. The highest BCUT2D eigenvalue weighted by Gasteiger charge is 2.24. The van der Waals surface area contributed by atoms with E-state index >= 15 is 0 Å². The van der Waals surface area contributed by atoms with Crippen molar-refractivity contribution in [2.75, 3.05) is 32.7 Å². The highest BCUT2D eigenvalue weighted by atomic mass is 19.1. The van der Waals surface area contributed by atoms with Crippen molar-refractivity contribution in [2.45, 2.75) is 45.4 Å². The first-order valence-corrected chi connectivity index (χ1v) is 9.37. The molecule has 1 unspecified atom stereocenters. The first kappa shape index (κ1) is 19.7. The second kappa shape index (κ2) is 9.18. The number of amides is 2. The Hall–Kier alpha value is -1.62. The molecule has 1 fully saturated rings. The number of carbonyl (C=O) groups is 1. The van der Waals surface area contributed by atoms with Crippen molar-refractivity contribution < 1.29 is 9.18 Å². The summed E-state index contributed by atoms with van der Waals surface area (Å²) in [5.41, 5.74) is 0.163. The molecule has 2 N–H and O–H groups in total. The third-order valence-electron chi connectivity index (χ3n) is 4.92. The lowest BCUT2D eigenvalue weighted by molar-refractivity contribution is 0.197. The number of rotatable bonds is 7. The highest BCUT2D eigenvalue weighted by Crippen LogP contribution is 2.24. The molecule has 1 aromatic rings. The van der Waals surface area contributed by atoms with Crippen LogP contribution in [0, 0.1) is 11.7 Å². The van der Waals surface area contributed by atoms with Gasteiger partial charge in [0.15, 0.2) is 0 Å². The maximum Gasteiger partial charge on any atom is 0.314 e. The van der Waals surface area contributed by atoms with Crippen LogP contribution in [0.3, 0.4) is 0 Å². The van der Waals surface area contributed by atoms with Crippen LogP contribution in [0.1, 0.15) is 45.6 Å². The van der Waals surface area contributed by atoms with Gasteiger partial charge in [0.05, 0.1) is 0 Å². The summed E-state index contributed by atoms with van der Waals surface area (Å²) in [6.07, 6.45) is 3.90. The summed E-state index contributed by atoms with van der Waals surface area (Å²) in [6.45, 7) is 10.5. The zero-order valence-corrected chi connectivity index (χ0v) is 15.8. The Bertz CT molecular complexity index is 556. The van der Waals surface area contributed by atoms with Crippen molar-refractivity contribution >= 4 is 6.03 Å².